The summed E-state index contributed by atoms with van der Waals surface area (Å²) in [6.45, 7) is 6.92. The Labute approximate surface area is 203 Å². The van der Waals surface area contributed by atoms with Gasteiger partial charge >= 0.3 is 12.1 Å². The predicted molar refractivity (Wildman–Crippen MR) is 125 cm³/mol. The SMILES string of the molecule is Cc1ccccc1COc1ccc(C(=O)N2CCCC2CN2CCCC2)cc1.O=C(O)C(F)(F)F. The molecule has 1 N–H and O–H groups in total. The number of likely N-dealkylation sites (tertiary alicyclic amines) is 2. The fourth-order valence-corrected chi connectivity index (χ4v) is 4.35. The lowest BCUT2D eigenvalue weighted by Crippen LogP contribution is -2.42. The second-order valence-corrected chi connectivity index (χ2v) is 8.84. The Bertz CT molecular complexity index is 989. The quantitative estimate of drug-likeness (QED) is 0.621. The smallest absolute Gasteiger partial charge is 0.489 e. The number of hydrogen-bond acceptors (Lipinski definition) is 4. The van der Waals surface area contributed by atoms with Gasteiger partial charge in [0.1, 0.15) is 12.4 Å². The van der Waals surface area contributed by atoms with Crippen molar-refractivity contribution in [3.63, 3.8) is 0 Å². The Kier molecular flexibility index (Phi) is 9.14. The van der Waals surface area contributed by atoms with E-state index in [4.69, 9.17) is 14.6 Å². The lowest BCUT2D eigenvalue weighted by Gasteiger charge is -2.28. The minimum atomic E-state index is -5.08. The molecule has 2 aromatic rings. The Morgan fingerprint density at radius 3 is 2.23 bits per heavy atom. The van der Waals surface area contributed by atoms with Gasteiger partial charge in [0.15, 0.2) is 0 Å². The van der Waals surface area contributed by atoms with Crippen LogP contribution in [-0.2, 0) is 11.4 Å². The molecule has 6 nitrogen and oxygen atoms in total. The zero-order valence-corrected chi connectivity index (χ0v) is 19.8. The summed E-state index contributed by atoms with van der Waals surface area (Å²) < 4.78 is 37.6. The minimum absolute atomic E-state index is 0.159. The summed E-state index contributed by atoms with van der Waals surface area (Å²) in [6, 6.07) is 16.2. The molecule has 2 fully saturated rings. The molecule has 190 valence electrons. The van der Waals surface area contributed by atoms with Crippen molar-refractivity contribution in [2.45, 2.75) is 51.4 Å². The molecule has 1 amide bonds. The van der Waals surface area contributed by atoms with Crippen LogP contribution >= 0.6 is 0 Å². The normalized spacial score (nSPS) is 18.2. The number of benzene rings is 2. The van der Waals surface area contributed by atoms with Crippen molar-refractivity contribution in [2.75, 3.05) is 26.2 Å². The number of carboxylic acid groups (broad SMARTS) is 1. The van der Waals surface area contributed by atoms with Gasteiger partial charge in [-0.3, -0.25) is 4.79 Å². The molecule has 0 aromatic heterocycles. The first-order valence-electron chi connectivity index (χ1n) is 11.8. The minimum Gasteiger partial charge on any atom is -0.489 e. The maximum absolute atomic E-state index is 13.0. The van der Waals surface area contributed by atoms with Crippen LogP contribution in [0.4, 0.5) is 13.2 Å². The van der Waals surface area contributed by atoms with Crippen LogP contribution in [-0.4, -0.2) is 65.2 Å². The van der Waals surface area contributed by atoms with E-state index < -0.39 is 12.1 Å². The van der Waals surface area contributed by atoms with E-state index in [0.29, 0.717) is 12.6 Å². The van der Waals surface area contributed by atoms with Crippen LogP contribution in [0, 0.1) is 6.92 Å². The van der Waals surface area contributed by atoms with E-state index in [9.17, 15) is 18.0 Å². The van der Waals surface area contributed by atoms with Crippen molar-refractivity contribution in [3.05, 3.63) is 65.2 Å². The first-order chi connectivity index (χ1) is 16.6. The molecule has 0 spiro atoms. The second-order valence-electron chi connectivity index (χ2n) is 8.84. The molecule has 2 aromatic carbocycles. The van der Waals surface area contributed by atoms with E-state index in [0.717, 1.165) is 37.2 Å². The second kappa shape index (κ2) is 12.1. The third-order valence-electron chi connectivity index (χ3n) is 6.30. The van der Waals surface area contributed by atoms with Gasteiger partial charge in [-0.2, -0.15) is 13.2 Å². The van der Waals surface area contributed by atoms with Crippen LogP contribution in [0.1, 0.15) is 47.2 Å². The van der Waals surface area contributed by atoms with Crippen LogP contribution in [0.2, 0.25) is 0 Å². The molecule has 35 heavy (non-hydrogen) atoms. The number of rotatable bonds is 6. The summed E-state index contributed by atoms with van der Waals surface area (Å²) in [6.07, 6.45) is -0.253. The summed E-state index contributed by atoms with van der Waals surface area (Å²) >= 11 is 0. The van der Waals surface area contributed by atoms with Gasteiger partial charge in [-0.1, -0.05) is 24.3 Å². The average molecular weight is 493 g/mol. The van der Waals surface area contributed by atoms with Crippen molar-refractivity contribution in [2.24, 2.45) is 0 Å². The van der Waals surface area contributed by atoms with Crippen LogP contribution in [0.15, 0.2) is 48.5 Å². The molecule has 9 heteroatoms. The average Bonchev–Trinajstić information content (AvgIpc) is 3.51. The van der Waals surface area contributed by atoms with E-state index in [-0.39, 0.29) is 5.91 Å². The van der Waals surface area contributed by atoms with Crippen molar-refractivity contribution in [1.29, 1.82) is 0 Å². The van der Waals surface area contributed by atoms with Gasteiger partial charge in [0.05, 0.1) is 0 Å². The maximum atomic E-state index is 13.0. The zero-order valence-electron chi connectivity index (χ0n) is 19.8. The number of nitrogens with zero attached hydrogens (tertiary/aromatic N) is 2. The van der Waals surface area contributed by atoms with Gasteiger partial charge in [-0.25, -0.2) is 4.79 Å². The van der Waals surface area contributed by atoms with Crippen molar-refractivity contribution in [1.82, 2.24) is 9.80 Å². The molecule has 4 rings (SSSR count). The number of hydrogen-bond donors (Lipinski definition) is 1. The number of halogens is 3. The number of aryl methyl sites for hydroxylation is 1. The van der Waals surface area contributed by atoms with Gasteiger partial charge < -0.3 is 19.6 Å². The summed E-state index contributed by atoms with van der Waals surface area (Å²) in [5, 5.41) is 7.12. The zero-order chi connectivity index (χ0) is 25.4. The van der Waals surface area contributed by atoms with Crippen molar-refractivity contribution >= 4 is 11.9 Å². The number of ether oxygens (including phenoxy) is 1. The summed E-state index contributed by atoms with van der Waals surface area (Å²) in [5.41, 5.74) is 3.17. The Morgan fingerprint density at radius 1 is 1.00 bits per heavy atom. The number of carbonyl (C=O) groups is 2. The number of amides is 1. The van der Waals surface area contributed by atoms with Crippen LogP contribution in [0.25, 0.3) is 0 Å². The van der Waals surface area contributed by atoms with Crippen molar-refractivity contribution < 1.29 is 32.6 Å². The Balaban J connectivity index is 0.000000429. The molecule has 2 heterocycles. The highest BCUT2D eigenvalue weighted by Gasteiger charge is 2.38. The van der Waals surface area contributed by atoms with E-state index in [1.54, 1.807) is 0 Å². The van der Waals surface area contributed by atoms with E-state index in [2.05, 4.69) is 28.9 Å². The highest BCUT2D eigenvalue weighted by molar-refractivity contribution is 5.94. The molecular formula is C26H31F3N2O4. The van der Waals surface area contributed by atoms with E-state index in [1.165, 1.54) is 37.1 Å². The molecule has 2 aliphatic rings. The summed E-state index contributed by atoms with van der Waals surface area (Å²) in [7, 11) is 0. The van der Waals surface area contributed by atoms with Crippen LogP contribution in [0.3, 0.4) is 0 Å². The number of aliphatic carboxylic acids is 1. The Hall–Kier alpha value is -3.07. The molecule has 0 radical (unpaired) electrons. The van der Waals surface area contributed by atoms with Gasteiger partial charge in [0, 0.05) is 24.7 Å². The molecule has 2 aliphatic heterocycles. The lowest BCUT2D eigenvalue weighted by atomic mass is 10.1. The molecular weight excluding hydrogens is 461 g/mol. The van der Waals surface area contributed by atoms with Crippen LogP contribution in [0.5, 0.6) is 5.75 Å². The molecule has 2 saturated heterocycles. The predicted octanol–water partition coefficient (Wildman–Crippen LogP) is 4.91. The number of carboxylic acids is 1. The fraction of sp³-hybridized carbons (Fsp3) is 0.462. The highest BCUT2D eigenvalue weighted by Crippen LogP contribution is 2.24. The Morgan fingerprint density at radius 2 is 1.63 bits per heavy atom. The van der Waals surface area contributed by atoms with E-state index in [1.807, 2.05) is 36.4 Å². The van der Waals surface area contributed by atoms with Gasteiger partial charge in [-0.15, -0.1) is 0 Å². The van der Waals surface area contributed by atoms with Gasteiger partial charge in [0.25, 0.3) is 5.91 Å². The van der Waals surface area contributed by atoms with Gasteiger partial charge in [0.2, 0.25) is 0 Å². The molecule has 1 unspecified atom stereocenters. The van der Waals surface area contributed by atoms with Gasteiger partial charge in [-0.05, 0) is 81.1 Å². The maximum Gasteiger partial charge on any atom is 0.490 e. The molecule has 1 atom stereocenters. The third-order valence-corrected chi connectivity index (χ3v) is 6.30. The molecule has 0 bridgehead atoms. The molecule has 0 saturated carbocycles. The first-order valence-corrected chi connectivity index (χ1v) is 11.8. The number of carbonyl (C=O) groups excluding carboxylic acids is 1. The first kappa shape index (κ1) is 26.5. The standard InChI is InChI=1S/C24H30N2O2.C2HF3O2/c1-19-7-2-3-8-21(19)18-28-23-12-10-20(11-13-23)24(27)26-16-6-9-22(26)17-25-14-4-5-15-25;3-2(4,5)1(6)7/h2-3,7-8,10-13,22H,4-6,9,14-18H2,1H3;(H,6,7). The topological polar surface area (TPSA) is 70.1 Å². The third kappa shape index (κ3) is 7.71. The van der Waals surface area contributed by atoms with E-state index >= 15 is 0 Å². The largest absolute Gasteiger partial charge is 0.490 e. The highest BCUT2D eigenvalue weighted by atomic mass is 19.4. The summed E-state index contributed by atoms with van der Waals surface area (Å²) in [5.74, 6) is -1.80. The lowest BCUT2D eigenvalue weighted by molar-refractivity contribution is -0.192. The number of alkyl halides is 3. The van der Waals surface area contributed by atoms with Crippen LogP contribution < -0.4 is 4.74 Å². The molecule has 0 aliphatic carbocycles. The summed E-state index contributed by atoms with van der Waals surface area (Å²) in [4.78, 5) is 26.5. The fourth-order valence-electron chi connectivity index (χ4n) is 4.35. The van der Waals surface area contributed by atoms with Crippen molar-refractivity contribution in [3.8, 4) is 5.75 Å². The monoisotopic (exact) mass is 492 g/mol.